The molecule has 1 atom stereocenters. The molecule has 0 saturated carbocycles. The van der Waals surface area contributed by atoms with Crippen molar-refractivity contribution in [2.75, 3.05) is 13.1 Å². The molecule has 4 N–H and O–H groups in total. The number of nitrogens with one attached hydrogen (secondary N) is 2. The van der Waals surface area contributed by atoms with E-state index < -0.39 is 10.0 Å². The number of nitrogens with two attached hydrogens (primary N) is 1. The number of amidine groups is 1. The summed E-state index contributed by atoms with van der Waals surface area (Å²) in [4.78, 5) is 17.9. The summed E-state index contributed by atoms with van der Waals surface area (Å²) in [5.74, 6) is 0.0203. The topological polar surface area (TPSA) is 123 Å². The van der Waals surface area contributed by atoms with Crippen molar-refractivity contribution in [1.82, 2.24) is 14.2 Å². The Morgan fingerprint density at radius 2 is 1.91 bits per heavy atom. The van der Waals surface area contributed by atoms with Gasteiger partial charge in [-0.2, -0.15) is 4.31 Å². The predicted octanol–water partition coefficient (Wildman–Crippen LogP) is 3.55. The lowest BCUT2D eigenvalue weighted by Gasteiger charge is -2.41. The highest BCUT2D eigenvalue weighted by molar-refractivity contribution is 7.89. The Bertz CT molecular complexity index is 1330. The fourth-order valence-electron chi connectivity index (χ4n) is 4.33. The maximum atomic E-state index is 13.4. The number of hydrogen-bond donors (Lipinski definition) is 3. The molecule has 2 heterocycles. The number of nitrogen functional groups attached to an aromatic ring is 1. The Balaban J connectivity index is 1.59. The quantitative estimate of drug-likeness (QED) is 0.338. The van der Waals surface area contributed by atoms with Crippen molar-refractivity contribution in [3.63, 3.8) is 0 Å². The first-order chi connectivity index (χ1) is 16.0. The van der Waals surface area contributed by atoms with Crippen LogP contribution < -0.4 is 5.73 Å². The van der Waals surface area contributed by atoms with Gasteiger partial charge in [0.25, 0.3) is 10.0 Å². The van der Waals surface area contributed by atoms with Gasteiger partial charge in [-0.25, -0.2) is 8.42 Å². The van der Waals surface area contributed by atoms with Crippen molar-refractivity contribution < 1.29 is 13.2 Å². The number of fused-ring (bicyclic) bond motifs is 1. The second kappa shape index (κ2) is 9.40. The molecule has 3 aromatic rings. The van der Waals surface area contributed by atoms with Gasteiger partial charge in [0.15, 0.2) is 0 Å². The number of carbonyl (C=O) groups is 1. The largest absolute Gasteiger partial charge is 0.384 e. The summed E-state index contributed by atoms with van der Waals surface area (Å²) in [7, 11) is -3.90. The maximum absolute atomic E-state index is 13.4. The summed E-state index contributed by atoms with van der Waals surface area (Å²) >= 11 is 6.04. The van der Waals surface area contributed by atoms with Gasteiger partial charge in [0.1, 0.15) is 10.9 Å². The summed E-state index contributed by atoms with van der Waals surface area (Å²) in [6, 6.07) is 13.6. The molecule has 10 heteroatoms. The van der Waals surface area contributed by atoms with Crippen LogP contribution in [0.15, 0.2) is 53.6 Å². The Morgan fingerprint density at radius 1 is 1.21 bits per heavy atom. The molecule has 8 nitrogen and oxygen atoms in total. The predicted molar refractivity (Wildman–Crippen MR) is 133 cm³/mol. The van der Waals surface area contributed by atoms with Gasteiger partial charge in [-0.1, -0.05) is 49.7 Å². The van der Waals surface area contributed by atoms with E-state index in [1.165, 1.54) is 4.31 Å². The normalized spacial score (nSPS) is 17.6. The Kier molecular flexibility index (Phi) is 6.71. The second-order valence-corrected chi connectivity index (χ2v) is 11.4. The van der Waals surface area contributed by atoms with Gasteiger partial charge in [0.2, 0.25) is 5.91 Å². The van der Waals surface area contributed by atoms with Gasteiger partial charge in [0.05, 0.1) is 6.54 Å². The molecule has 1 aliphatic heterocycles. The van der Waals surface area contributed by atoms with Crippen LogP contribution in [0.25, 0.3) is 10.9 Å². The van der Waals surface area contributed by atoms with Crippen LogP contribution >= 0.6 is 11.6 Å². The Hall–Kier alpha value is -2.88. The zero-order valence-corrected chi connectivity index (χ0v) is 20.7. The van der Waals surface area contributed by atoms with Crippen LogP contribution in [0, 0.1) is 11.3 Å². The first-order valence-corrected chi connectivity index (χ1v) is 12.9. The van der Waals surface area contributed by atoms with Gasteiger partial charge in [-0.3, -0.25) is 10.2 Å². The van der Waals surface area contributed by atoms with Crippen LogP contribution in [0.2, 0.25) is 5.02 Å². The minimum Gasteiger partial charge on any atom is -0.384 e. The molecule has 1 amide bonds. The zero-order chi connectivity index (χ0) is 24.6. The van der Waals surface area contributed by atoms with Crippen LogP contribution in [0.5, 0.6) is 0 Å². The average molecular weight is 502 g/mol. The molecular formula is C24H28ClN5O3S. The highest BCUT2D eigenvalue weighted by Crippen LogP contribution is 2.28. The molecule has 1 aliphatic rings. The average Bonchev–Trinajstić information content (AvgIpc) is 3.20. The Morgan fingerprint density at radius 3 is 2.56 bits per heavy atom. The SMILES string of the molecule is CC(C)CC1CN(S(=O)(=O)c2cc3cc(Cl)ccc3[nH]2)CC(=O)N1Cc1ccc(C(=N)N)cc1. The molecule has 2 aromatic carbocycles. The van der Waals surface area contributed by atoms with Crippen molar-refractivity contribution >= 4 is 44.3 Å². The van der Waals surface area contributed by atoms with E-state index in [9.17, 15) is 13.2 Å². The monoisotopic (exact) mass is 501 g/mol. The molecule has 1 saturated heterocycles. The summed E-state index contributed by atoms with van der Waals surface area (Å²) in [6.07, 6.45) is 0.672. The number of amides is 1. The standard InChI is InChI=1S/C24H28ClN5O3S/c1-15(2)9-20-13-29(34(32,33)22-11-18-10-19(25)7-8-21(18)28-22)14-23(31)30(20)12-16-3-5-17(6-4-16)24(26)27/h3-8,10-11,15,20,28H,9,12-14H2,1-2H3,(H3,26,27). The van der Waals surface area contributed by atoms with E-state index in [2.05, 4.69) is 18.8 Å². The van der Waals surface area contributed by atoms with Gasteiger partial charge in [-0.05, 0) is 42.2 Å². The summed E-state index contributed by atoms with van der Waals surface area (Å²) in [5.41, 5.74) is 7.71. The van der Waals surface area contributed by atoms with Crippen molar-refractivity contribution in [3.05, 3.63) is 64.7 Å². The Labute approximate surface area is 204 Å². The lowest BCUT2D eigenvalue weighted by Crippen LogP contribution is -2.57. The minimum atomic E-state index is -3.90. The smallest absolute Gasteiger partial charge is 0.259 e. The van der Waals surface area contributed by atoms with Crippen molar-refractivity contribution in [1.29, 1.82) is 5.41 Å². The lowest BCUT2D eigenvalue weighted by molar-refractivity contribution is -0.138. The fourth-order valence-corrected chi connectivity index (χ4v) is 5.95. The molecule has 0 bridgehead atoms. The fraction of sp³-hybridized carbons (Fsp3) is 0.333. The second-order valence-electron chi connectivity index (χ2n) is 9.08. The molecule has 34 heavy (non-hydrogen) atoms. The van der Waals surface area contributed by atoms with Gasteiger partial charge >= 0.3 is 0 Å². The van der Waals surface area contributed by atoms with E-state index in [4.69, 9.17) is 22.7 Å². The minimum absolute atomic E-state index is 0.0154. The molecule has 0 spiro atoms. The number of benzene rings is 2. The van der Waals surface area contributed by atoms with Gasteiger partial charge in [0, 0.05) is 40.6 Å². The molecule has 0 radical (unpaired) electrons. The van der Waals surface area contributed by atoms with E-state index >= 15 is 0 Å². The van der Waals surface area contributed by atoms with E-state index in [1.54, 1.807) is 41.3 Å². The first-order valence-electron chi connectivity index (χ1n) is 11.1. The number of sulfonamides is 1. The van der Waals surface area contributed by atoms with Crippen LogP contribution in [0.1, 0.15) is 31.4 Å². The molecule has 1 aromatic heterocycles. The van der Waals surface area contributed by atoms with E-state index in [-0.39, 0.29) is 41.8 Å². The maximum Gasteiger partial charge on any atom is 0.259 e. The van der Waals surface area contributed by atoms with E-state index in [0.717, 1.165) is 5.56 Å². The molecular weight excluding hydrogens is 474 g/mol. The number of carbonyl (C=O) groups excluding carboxylic acids is 1. The third-order valence-electron chi connectivity index (χ3n) is 6.02. The number of hydrogen-bond acceptors (Lipinski definition) is 4. The molecule has 1 fully saturated rings. The first kappa shape index (κ1) is 24.3. The van der Waals surface area contributed by atoms with Crippen LogP contribution in [-0.4, -0.2) is 53.5 Å². The third kappa shape index (κ3) is 4.96. The number of halogens is 1. The van der Waals surface area contributed by atoms with Gasteiger partial charge in [-0.15, -0.1) is 0 Å². The molecule has 1 unspecified atom stereocenters. The van der Waals surface area contributed by atoms with Gasteiger partial charge < -0.3 is 15.6 Å². The number of aromatic amines is 1. The molecule has 180 valence electrons. The number of piperazine rings is 1. The summed E-state index contributed by atoms with van der Waals surface area (Å²) in [6.45, 7) is 4.47. The molecule has 4 rings (SSSR count). The van der Waals surface area contributed by atoms with Crippen molar-refractivity contribution in [2.45, 2.75) is 37.9 Å². The molecule has 0 aliphatic carbocycles. The number of rotatable bonds is 7. The van der Waals surface area contributed by atoms with Crippen LogP contribution in [0.3, 0.4) is 0 Å². The number of H-pyrrole nitrogens is 1. The van der Waals surface area contributed by atoms with E-state index in [0.29, 0.717) is 34.5 Å². The highest BCUT2D eigenvalue weighted by atomic mass is 35.5. The third-order valence-corrected chi connectivity index (χ3v) is 7.99. The summed E-state index contributed by atoms with van der Waals surface area (Å²) in [5, 5.41) is 8.81. The van der Waals surface area contributed by atoms with Crippen molar-refractivity contribution in [2.24, 2.45) is 11.7 Å². The lowest BCUT2D eigenvalue weighted by atomic mass is 9.99. The number of aromatic nitrogens is 1. The zero-order valence-electron chi connectivity index (χ0n) is 19.1. The number of nitrogens with zero attached hydrogens (tertiary/aromatic N) is 2. The van der Waals surface area contributed by atoms with Crippen molar-refractivity contribution in [3.8, 4) is 0 Å². The van der Waals surface area contributed by atoms with E-state index in [1.807, 2.05) is 12.1 Å². The highest BCUT2D eigenvalue weighted by Gasteiger charge is 2.39. The van der Waals surface area contributed by atoms with Crippen LogP contribution in [-0.2, 0) is 21.4 Å². The van der Waals surface area contributed by atoms with Crippen LogP contribution in [0.4, 0.5) is 0 Å². The summed E-state index contributed by atoms with van der Waals surface area (Å²) < 4.78 is 28.2.